The molecule has 2 rings (SSSR count). The summed E-state index contributed by atoms with van der Waals surface area (Å²) in [5.41, 5.74) is 0. The predicted molar refractivity (Wildman–Crippen MR) is 74.6 cm³/mol. The Morgan fingerprint density at radius 3 is 2.06 bits per heavy atom. The molecule has 0 unspecified atom stereocenters. The molecule has 0 nitrogen and oxygen atoms in total. The van der Waals surface area contributed by atoms with Gasteiger partial charge in [0.2, 0.25) is 0 Å². The Bertz CT molecular complexity index is 477. The first-order valence-electron chi connectivity index (χ1n) is 5.42. The third kappa shape index (κ3) is 2.21. The van der Waals surface area contributed by atoms with Crippen LogP contribution in [0.3, 0.4) is 0 Å². The molecule has 0 radical (unpaired) electrons. The Labute approximate surface area is 103 Å². The Morgan fingerprint density at radius 1 is 0.812 bits per heavy atom. The van der Waals surface area contributed by atoms with Crippen molar-refractivity contribution < 1.29 is 0 Å². The highest BCUT2D eigenvalue weighted by molar-refractivity contribution is 7.00. The molecule has 0 aromatic heterocycles. The maximum atomic E-state index is 6.06. The third-order valence-corrected chi connectivity index (χ3v) is 6.81. The lowest BCUT2D eigenvalue weighted by Crippen LogP contribution is -2.52. The second-order valence-electron chi connectivity index (χ2n) is 4.50. The highest BCUT2D eigenvalue weighted by Crippen LogP contribution is 2.10. The summed E-state index contributed by atoms with van der Waals surface area (Å²) in [6.07, 6.45) is 0. The molecule has 2 aromatic carbocycles. The van der Waals surface area contributed by atoms with Gasteiger partial charge in [-0.1, -0.05) is 77.5 Å². The van der Waals surface area contributed by atoms with E-state index >= 15 is 0 Å². The summed E-state index contributed by atoms with van der Waals surface area (Å²) in [6, 6.07) is 19.0. The molecule has 0 saturated heterocycles. The molecule has 0 aliphatic heterocycles. The topological polar surface area (TPSA) is 0 Å². The molecule has 82 valence electrons. The Hall–Kier alpha value is -1.05. The summed E-state index contributed by atoms with van der Waals surface area (Å²) in [7, 11) is -1.57. The van der Waals surface area contributed by atoms with Crippen LogP contribution >= 0.6 is 11.6 Å². The standard InChI is InChI=1S/C14H15ClSi/c1-16(2,13-8-4-3-5-9-13)14-10-6-7-12(15)11-14/h3-11H,1-2H3. The molecule has 0 spiro atoms. The molecule has 16 heavy (non-hydrogen) atoms. The zero-order valence-electron chi connectivity index (χ0n) is 9.57. The number of hydrogen-bond acceptors (Lipinski definition) is 0. The maximum Gasteiger partial charge on any atom is 0.112 e. The van der Waals surface area contributed by atoms with Gasteiger partial charge in [-0.3, -0.25) is 0 Å². The lowest BCUT2D eigenvalue weighted by atomic mass is 10.4. The average molecular weight is 247 g/mol. The van der Waals surface area contributed by atoms with Gasteiger partial charge in [0, 0.05) is 5.02 Å². The quantitative estimate of drug-likeness (QED) is 0.715. The van der Waals surface area contributed by atoms with Gasteiger partial charge in [-0.05, 0) is 12.1 Å². The van der Waals surface area contributed by atoms with Crippen molar-refractivity contribution in [1.29, 1.82) is 0 Å². The highest BCUT2D eigenvalue weighted by Gasteiger charge is 2.25. The van der Waals surface area contributed by atoms with Gasteiger partial charge in [-0.25, -0.2) is 0 Å². The fourth-order valence-corrected chi connectivity index (χ4v) is 4.57. The smallest absolute Gasteiger partial charge is 0.0843 e. The molecule has 0 fully saturated rings. The van der Waals surface area contributed by atoms with Crippen molar-refractivity contribution in [3.05, 3.63) is 59.6 Å². The van der Waals surface area contributed by atoms with Gasteiger partial charge >= 0.3 is 0 Å². The zero-order chi connectivity index (χ0) is 11.6. The van der Waals surface area contributed by atoms with E-state index in [1.54, 1.807) is 0 Å². The van der Waals surface area contributed by atoms with Crippen LogP contribution in [-0.4, -0.2) is 8.07 Å². The van der Waals surface area contributed by atoms with Crippen LogP contribution in [0, 0.1) is 0 Å². The first kappa shape index (κ1) is 11.4. The van der Waals surface area contributed by atoms with Crippen molar-refractivity contribution in [2.24, 2.45) is 0 Å². The first-order chi connectivity index (χ1) is 7.60. The highest BCUT2D eigenvalue weighted by atomic mass is 35.5. The number of benzene rings is 2. The molecule has 0 bridgehead atoms. The lowest BCUT2D eigenvalue weighted by molar-refractivity contribution is 1.67. The van der Waals surface area contributed by atoms with E-state index in [1.807, 2.05) is 12.1 Å². The summed E-state index contributed by atoms with van der Waals surface area (Å²) in [4.78, 5) is 0. The Kier molecular flexibility index (Phi) is 3.17. The van der Waals surface area contributed by atoms with E-state index in [-0.39, 0.29) is 0 Å². The third-order valence-electron chi connectivity index (χ3n) is 3.04. The normalized spacial score (nSPS) is 11.4. The van der Waals surface area contributed by atoms with Gasteiger partial charge in [-0.2, -0.15) is 0 Å². The van der Waals surface area contributed by atoms with E-state index in [0.717, 1.165) is 5.02 Å². The maximum absolute atomic E-state index is 6.06. The van der Waals surface area contributed by atoms with Gasteiger partial charge in [0.05, 0.1) is 0 Å². The molecule has 0 heterocycles. The molecule has 0 aliphatic carbocycles. The van der Waals surface area contributed by atoms with Crippen LogP contribution in [0.5, 0.6) is 0 Å². The van der Waals surface area contributed by atoms with Gasteiger partial charge in [-0.15, -0.1) is 0 Å². The summed E-state index contributed by atoms with van der Waals surface area (Å²) < 4.78 is 0. The van der Waals surface area contributed by atoms with Crippen LogP contribution in [-0.2, 0) is 0 Å². The molecule has 0 N–H and O–H groups in total. The van der Waals surface area contributed by atoms with E-state index in [9.17, 15) is 0 Å². The summed E-state index contributed by atoms with van der Waals surface area (Å²) >= 11 is 6.06. The number of rotatable bonds is 2. The molecule has 0 amide bonds. The largest absolute Gasteiger partial charge is 0.112 e. The monoisotopic (exact) mass is 246 g/mol. The van der Waals surface area contributed by atoms with Crippen molar-refractivity contribution in [2.75, 3.05) is 0 Å². The Balaban J connectivity index is 2.47. The minimum atomic E-state index is -1.57. The molecule has 0 aliphatic rings. The predicted octanol–water partition coefficient (Wildman–Crippen LogP) is 3.16. The van der Waals surface area contributed by atoms with Crippen molar-refractivity contribution in [3.63, 3.8) is 0 Å². The lowest BCUT2D eigenvalue weighted by Gasteiger charge is -2.23. The average Bonchev–Trinajstić information content (AvgIpc) is 2.30. The van der Waals surface area contributed by atoms with Crippen molar-refractivity contribution in [2.45, 2.75) is 13.1 Å². The fourth-order valence-electron chi connectivity index (χ4n) is 1.90. The fraction of sp³-hybridized carbons (Fsp3) is 0.143. The van der Waals surface area contributed by atoms with Gasteiger partial charge in [0.1, 0.15) is 8.07 Å². The molecule has 2 aromatic rings. The number of halogens is 1. The Morgan fingerprint density at radius 2 is 1.44 bits per heavy atom. The minimum Gasteiger partial charge on any atom is -0.0843 e. The van der Waals surface area contributed by atoms with Crippen molar-refractivity contribution >= 4 is 30.0 Å². The van der Waals surface area contributed by atoms with E-state index in [0.29, 0.717) is 0 Å². The molecule has 0 saturated carbocycles. The first-order valence-corrected chi connectivity index (χ1v) is 8.80. The molecule has 0 atom stereocenters. The van der Waals surface area contributed by atoms with Crippen LogP contribution in [0.25, 0.3) is 0 Å². The SMILES string of the molecule is C[Si](C)(c1ccccc1)c1cccc(Cl)c1. The molecule has 2 heteroatoms. The zero-order valence-corrected chi connectivity index (χ0v) is 11.3. The van der Waals surface area contributed by atoms with E-state index < -0.39 is 8.07 Å². The van der Waals surface area contributed by atoms with Crippen LogP contribution in [0.4, 0.5) is 0 Å². The molecular weight excluding hydrogens is 232 g/mol. The van der Waals surface area contributed by atoms with Gasteiger partial charge in [0.15, 0.2) is 0 Å². The van der Waals surface area contributed by atoms with Crippen molar-refractivity contribution in [3.8, 4) is 0 Å². The van der Waals surface area contributed by atoms with E-state index in [4.69, 9.17) is 11.6 Å². The number of hydrogen-bond donors (Lipinski definition) is 0. The summed E-state index contributed by atoms with van der Waals surface area (Å²) in [5, 5.41) is 3.65. The summed E-state index contributed by atoms with van der Waals surface area (Å²) in [6.45, 7) is 4.71. The second kappa shape index (κ2) is 4.44. The minimum absolute atomic E-state index is 0.828. The van der Waals surface area contributed by atoms with Crippen LogP contribution in [0.2, 0.25) is 18.1 Å². The van der Waals surface area contributed by atoms with Crippen molar-refractivity contribution in [1.82, 2.24) is 0 Å². The van der Waals surface area contributed by atoms with E-state index in [1.165, 1.54) is 10.4 Å². The van der Waals surface area contributed by atoms with Crippen LogP contribution in [0.15, 0.2) is 54.6 Å². The van der Waals surface area contributed by atoms with Gasteiger partial charge < -0.3 is 0 Å². The second-order valence-corrected chi connectivity index (χ2v) is 9.34. The van der Waals surface area contributed by atoms with E-state index in [2.05, 4.69) is 55.6 Å². The molecular formula is C14H15ClSi. The summed E-state index contributed by atoms with van der Waals surface area (Å²) in [5.74, 6) is 0. The van der Waals surface area contributed by atoms with Crippen LogP contribution < -0.4 is 10.4 Å². The van der Waals surface area contributed by atoms with Crippen LogP contribution in [0.1, 0.15) is 0 Å². The van der Waals surface area contributed by atoms with Gasteiger partial charge in [0.25, 0.3) is 0 Å².